The predicted molar refractivity (Wildman–Crippen MR) is 124 cm³/mol. The smallest absolute Gasteiger partial charge is 0.290 e. The Kier molecular flexibility index (Phi) is 6.40. The molecule has 1 aliphatic rings. The average Bonchev–Trinajstić information content (AvgIpc) is 3.21. The van der Waals surface area contributed by atoms with Crippen LogP contribution in [0.2, 0.25) is 0 Å². The Labute approximate surface area is 192 Å². The molecule has 1 amide bonds. The summed E-state index contributed by atoms with van der Waals surface area (Å²) in [6, 6.07) is 8.99. The first-order valence-corrected chi connectivity index (χ1v) is 11.1. The number of phenols is 2. The summed E-state index contributed by atoms with van der Waals surface area (Å²) in [5.41, 5.74) is 4.97. The summed E-state index contributed by atoms with van der Waals surface area (Å²) in [7, 11) is 2.08. The number of aromatic nitrogens is 1. The number of aliphatic hydroxyl groups is 1. The van der Waals surface area contributed by atoms with Crippen LogP contribution in [0.15, 0.2) is 34.9 Å². The molecule has 4 N–H and O–H groups in total. The summed E-state index contributed by atoms with van der Waals surface area (Å²) < 4.78 is 5.48. The van der Waals surface area contributed by atoms with E-state index in [1.807, 2.05) is 32.0 Å². The minimum Gasteiger partial charge on any atom is -0.508 e. The lowest BCUT2D eigenvalue weighted by Crippen LogP contribution is -2.27. The summed E-state index contributed by atoms with van der Waals surface area (Å²) in [6.45, 7) is 5.54. The standard InChI is InChI=1S/C25H29N3O5/c1-14(2)18-11-19(21(31)12-20(18)30)23-22(24(33-27-23)25(32)26-7-9-29)16-4-5-17-13-28(3)8-6-15(17)10-16/h4-5,10-12,14,29-31H,6-9,13H2,1-3H3,(H,26,32). The number of phenolic OH excluding ortho intramolecular Hbond substituents is 2. The number of hydrogen-bond donors (Lipinski definition) is 4. The van der Waals surface area contributed by atoms with Crippen LogP contribution in [0, 0.1) is 0 Å². The minimum absolute atomic E-state index is 0.00453. The van der Waals surface area contributed by atoms with Crippen molar-refractivity contribution in [3.63, 3.8) is 0 Å². The lowest BCUT2D eigenvalue weighted by Gasteiger charge is -2.25. The molecule has 0 atom stereocenters. The molecule has 0 saturated heterocycles. The third kappa shape index (κ3) is 4.44. The normalized spacial score (nSPS) is 13.8. The van der Waals surface area contributed by atoms with Gasteiger partial charge in [-0.3, -0.25) is 4.79 Å². The number of likely N-dealkylation sites (N-methyl/N-ethyl adjacent to an activating group) is 1. The van der Waals surface area contributed by atoms with E-state index >= 15 is 0 Å². The number of aromatic hydroxyl groups is 2. The highest BCUT2D eigenvalue weighted by Crippen LogP contribution is 2.43. The van der Waals surface area contributed by atoms with Crippen molar-refractivity contribution in [1.29, 1.82) is 0 Å². The first-order chi connectivity index (χ1) is 15.8. The Morgan fingerprint density at radius 1 is 1.18 bits per heavy atom. The minimum atomic E-state index is -0.502. The van der Waals surface area contributed by atoms with Crippen molar-refractivity contribution in [2.24, 2.45) is 0 Å². The number of carbonyl (C=O) groups is 1. The molecule has 0 aliphatic carbocycles. The van der Waals surface area contributed by atoms with Crippen LogP contribution in [0.4, 0.5) is 0 Å². The maximum Gasteiger partial charge on any atom is 0.290 e. The highest BCUT2D eigenvalue weighted by atomic mass is 16.5. The van der Waals surface area contributed by atoms with Crippen molar-refractivity contribution < 1.29 is 24.6 Å². The Bertz CT molecular complexity index is 1190. The van der Waals surface area contributed by atoms with E-state index in [9.17, 15) is 15.0 Å². The van der Waals surface area contributed by atoms with Crippen molar-refractivity contribution in [3.8, 4) is 33.9 Å². The van der Waals surface area contributed by atoms with E-state index in [0.29, 0.717) is 22.4 Å². The molecule has 1 aromatic heterocycles. The molecule has 2 aromatic carbocycles. The van der Waals surface area contributed by atoms with E-state index in [0.717, 1.165) is 25.1 Å². The SMILES string of the molecule is CC(C)c1cc(-c2noc(C(=O)NCCO)c2-c2ccc3c(c2)CCN(C)C3)c(O)cc1O. The van der Waals surface area contributed by atoms with E-state index in [1.54, 1.807) is 6.07 Å². The number of hydrogen-bond acceptors (Lipinski definition) is 7. The maximum atomic E-state index is 12.8. The van der Waals surface area contributed by atoms with Crippen LogP contribution >= 0.6 is 0 Å². The van der Waals surface area contributed by atoms with Gasteiger partial charge in [-0.1, -0.05) is 37.2 Å². The van der Waals surface area contributed by atoms with Gasteiger partial charge in [0.2, 0.25) is 5.76 Å². The molecular weight excluding hydrogens is 422 g/mol. The Morgan fingerprint density at radius 3 is 2.70 bits per heavy atom. The first-order valence-electron chi connectivity index (χ1n) is 11.1. The number of rotatable bonds is 6. The van der Waals surface area contributed by atoms with Crippen LogP contribution in [0.25, 0.3) is 22.4 Å². The number of aliphatic hydroxyl groups excluding tert-OH is 1. The van der Waals surface area contributed by atoms with Gasteiger partial charge in [0.05, 0.1) is 12.2 Å². The van der Waals surface area contributed by atoms with Crippen LogP contribution in [0.1, 0.15) is 47.0 Å². The molecule has 174 valence electrons. The molecular formula is C25H29N3O5. The van der Waals surface area contributed by atoms with E-state index in [-0.39, 0.29) is 36.3 Å². The van der Waals surface area contributed by atoms with E-state index in [4.69, 9.17) is 9.63 Å². The molecule has 3 aromatic rings. The Hall–Kier alpha value is -3.36. The summed E-state index contributed by atoms with van der Waals surface area (Å²) in [4.78, 5) is 15.1. The van der Waals surface area contributed by atoms with Gasteiger partial charge in [-0.05, 0) is 47.7 Å². The summed E-state index contributed by atoms with van der Waals surface area (Å²) in [5.74, 6) is -0.654. The van der Waals surface area contributed by atoms with Crippen molar-refractivity contribution in [2.45, 2.75) is 32.7 Å². The summed E-state index contributed by atoms with van der Waals surface area (Å²) >= 11 is 0. The summed E-state index contributed by atoms with van der Waals surface area (Å²) in [6.07, 6.45) is 0.883. The van der Waals surface area contributed by atoms with E-state index < -0.39 is 5.91 Å². The molecule has 2 heterocycles. The molecule has 0 bridgehead atoms. The fraction of sp³-hybridized carbons (Fsp3) is 0.360. The fourth-order valence-electron chi connectivity index (χ4n) is 4.24. The van der Waals surface area contributed by atoms with E-state index in [1.165, 1.54) is 17.2 Å². The lowest BCUT2D eigenvalue weighted by molar-refractivity contribution is 0.0909. The van der Waals surface area contributed by atoms with E-state index in [2.05, 4.69) is 22.4 Å². The van der Waals surface area contributed by atoms with Crippen LogP contribution < -0.4 is 5.32 Å². The fourth-order valence-corrected chi connectivity index (χ4v) is 4.24. The van der Waals surface area contributed by atoms with Crippen molar-refractivity contribution in [2.75, 3.05) is 26.7 Å². The highest BCUT2D eigenvalue weighted by Gasteiger charge is 2.28. The van der Waals surface area contributed by atoms with Gasteiger partial charge in [0.1, 0.15) is 17.2 Å². The van der Waals surface area contributed by atoms with Gasteiger partial charge in [0, 0.05) is 31.3 Å². The molecule has 1 aliphatic heterocycles. The van der Waals surface area contributed by atoms with Gasteiger partial charge in [-0.15, -0.1) is 0 Å². The van der Waals surface area contributed by atoms with Gasteiger partial charge < -0.3 is 30.1 Å². The second kappa shape index (κ2) is 9.25. The molecule has 8 heteroatoms. The molecule has 8 nitrogen and oxygen atoms in total. The molecule has 0 spiro atoms. The number of fused-ring (bicyclic) bond motifs is 1. The highest BCUT2D eigenvalue weighted by molar-refractivity contribution is 6.02. The Balaban J connectivity index is 1.89. The topological polar surface area (TPSA) is 119 Å². The predicted octanol–water partition coefficient (Wildman–Crippen LogP) is 3.25. The zero-order valence-electron chi connectivity index (χ0n) is 19.1. The molecule has 4 rings (SSSR count). The first kappa shape index (κ1) is 22.8. The number of nitrogens with one attached hydrogen (secondary N) is 1. The van der Waals surface area contributed by atoms with Gasteiger partial charge in [0.25, 0.3) is 5.91 Å². The van der Waals surface area contributed by atoms with Crippen LogP contribution in [0.3, 0.4) is 0 Å². The molecule has 33 heavy (non-hydrogen) atoms. The second-order valence-corrected chi connectivity index (χ2v) is 8.77. The third-order valence-corrected chi connectivity index (χ3v) is 6.02. The van der Waals surface area contributed by atoms with Crippen molar-refractivity contribution >= 4 is 5.91 Å². The number of nitrogens with zero attached hydrogens (tertiary/aromatic N) is 2. The van der Waals surface area contributed by atoms with Crippen LogP contribution in [-0.4, -0.2) is 58.0 Å². The Morgan fingerprint density at radius 2 is 1.97 bits per heavy atom. The molecule has 0 radical (unpaired) electrons. The van der Waals surface area contributed by atoms with Gasteiger partial charge >= 0.3 is 0 Å². The van der Waals surface area contributed by atoms with Gasteiger partial charge in [-0.25, -0.2) is 0 Å². The quantitative estimate of drug-likeness (QED) is 0.454. The molecule has 0 saturated carbocycles. The average molecular weight is 452 g/mol. The second-order valence-electron chi connectivity index (χ2n) is 8.77. The molecule has 0 unspecified atom stereocenters. The van der Waals surface area contributed by atoms with Crippen molar-refractivity contribution in [3.05, 3.63) is 52.8 Å². The summed E-state index contributed by atoms with van der Waals surface area (Å²) in [5, 5.41) is 36.8. The molecule has 0 fully saturated rings. The number of amides is 1. The zero-order chi connectivity index (χ0) is 23.7. The largest absolute Gasteiger partial charge is 0.508 e. The lowest BCUT2D eigenvalue weighted by atomic mass is 9.91. The van der Waals surface area contributed by atoms with Crippen LogP contribution in [-0.2, 0) is 13.0 Å². The van der Waals surface area contributed by atoms with Gasteiger partial charge in [-0.2, -0.15) is 0 Å². The van der Waals surface area contributed by atoms with Crippen LogP contribution in [0.5, 0.6) is 11.5 Å². The zero-order valence-corrected chi connectivity index (χ0v) is 19.1. The number of benzene rings is 2. The maximum absolute atomic E-state index is 12.8. The number of carbonyl (C=O) groups excluding carboxylic acids is 1. The monoisotopic (exact) mass is 451 g/mol. The van der Waals surface area contributed by atoms with Crippen molar-refractivity contribution in [1.82, 2.24) is 15.4 Å². The van der Waals surface area contributed by atoms with Gasteiger partial charge in [0.15, 0.2) is 0 Å². The third-order valence-electron chi connectivity index (χ3n) is 6.02.